The highest BCUT2D eigenvalue weighted by molar-refractivity contribution is 7.89. The summed E-state index contributed by atoms with van der Waals surface area (Å²) in [5.41, 5.74) is 1.51. The van der Waals surface area contributed by atoms with Crippen molar-refractivity contribution in [1.29, 1.82) is 0 Å². The third-order valence-electron chi connectivity index (χ3n) is 4.07. The molecule has 2 aromatic rings. The highest BCUT2D eigenvalue weighted by atomic mass is 35.5. The van der Waals surface area contributed by atoms with Gasteiger partial charge in [-0.3, -0.25) is 4.79 Å². The molecule has 2 aromatic carbocycles. The van der Waals surface area contributed by atoms with Crippen LogP contribution in [-0.2, 0) is 16.4 Å². The van der Waals surface area contributed by atoms with Crippen molar-refractivity contribution in [2.75, 3.05) is 19.6 Å². The van der Waals surface area contributed by atoms with E-state index in [9.17, 15) is 13.2 Å². The molecule has 0 fully saturated rings. The fourth-order valence-corrected chi connectivity index (χ4v) is 4.15. The van der Waals surface area contributed by atoms with E-state index in [4.69, 9.17) is 11.6 Å². The first kappa shape index (κ1) is 20.4. The molecule has 0 atom stereocenters. The van der Waals surface area contributed by atoms with Crippen LogP contribution in [0.3, 0.4) is 0 Å². The van der Waals surface area contributed by atoms with Gasteiger partial charge in [0.2, 0.25) is 10.0 Å². The van der Waals surface area contributed by atoms with E-state index >= 15 is 0 Å². The SMILES string of the molecule is CCN(CC)S(=O)(=O)c1ccc(C(=O)NCCc2ccc(Cl)cc2)cc1. The van der Waals surface area contributed by atoms with Gasteiger partial charge in [-0.1, -0.05) is 37.6 Å². The van der Waals surface area contributed by atoms with Crippen molar-refractivity contribution in [1.82, 2.24) is 9.62 Å². The smallest absolute Gasteiger partial charge is 0.251 e. The highest BCUT2D eigenvalue weighted by Crippen LogP contribution is 2.16. The van der Waals surface area contributed by atoms with Crippen LogP contribution in [0.2, 0.25) is 5.02 Å². The predicted molar refractivity (Wildman–Crippen MR) is 104 cm³/mol. The lowest BCUT2D eigenvalue weighted by atomic mass is 10.1. The molecule has 0 spiro atoms. The first-order chi connectivity index (χ1) is 12.4. The van der Waals surface area contributed by atoms with Crippen molar-refractivity contribution in [3.8, 4) is 0 Å². The maximum atomic E-state index is 12.4. The number of sulfonamides is 1. The number of nitrogens with one attached hydrogen (secondary N) is 1. The minimum absolute atomic E-state index is 0.193. The Kier molecular flexibility index (Phi) is 7.20. The van der Waals surface area contributed by atoms with Crippen LogP contribution in [0, 0.1) is 0 Å². The number of carbonyl (C=O) groups excluding carboxylic acids is 1. The molecule has 0 aliphatic carbocycles. The van der Waals surface area contributed by atoms with E-state index in [-0.39, 0.29) is 10.8 Å². The molecule has 0 aliphatic heterocycles. The Balaban J connectivity index is 1.97. The molecule has 26 heavy (non-hydrogen) atoms. The average Bonchev–Trinajstić information content (AvgIpc) is 2.64. The largest absolute Gasteiger partial charge is 0.352 e. The number of halogens is 1. The van der Waals surface area contributed by atoms with Crippen LogP contribution >= 0.6 is 11.6 Å². The van der Waals surface area contributed by atoms with Crippen LogP contribution in [0.4, 0.5) is 0 Å². The summed E-state index contributed by atoms with van der Waals surface area (Å²) < 4.78 is 26.3. The molecule has 0 aromatic heterocycles. The molecule has 1 N–H and O–H groups in total. The van der Waals surface area contributed by atoms with Crippen molar-refractivity contribution in [2.24, 2.45) is 0 Å². The van der Waals surface area contributed by atoms with Crippen LogP contribution in [0.15, 0.2) is 53.4 Å². The van der Waals surface area contributed by atoms with Gasteiger partial charge in [0.05, 0.1) is 4.90 Å². The lowest BCUT2D eigenvalue weighted by Gasteiger charge is -2.18. The van der Waals surface area contributed by atoms with Crippen molar-refractivity contribution in [3.63, 3.8) is 0 Å². The second-order valence-electron chi connectivity index (χ2n) is 5.75. The first-order valence-corrected chi connectivity index (χ1v) is 10.3. The molecule has 0 bridgehead atoms. The fourth-order valence-electron chi connectivity index (χ4n) is 2.56. The number of benzene rings is 2. The normalized spacial score (nSPS) is 11.5. The Bertz CT molecular complexity index is 830. The molecule has 0 heterocycles. The van der Waals surface area contributed by atoms with Gasteiger partial charge in [-0.25, -0.2) is 8.42 Å². The molecule has 140 valence electrons. The molecule has 0 unspecified atom stereocenters. The molecule has 0 radical (unpaired) electrons. The van der Waals surface area contributed by atoms with Crippen molar-refractivity contribution >= 4 is 27.5 Å². The zero-order chi connectivity index (χ0) is 19.2. The molecule has 5 nitrogen and oxygen atoms in total. The Morgan fingerprint density at radius 1 is 1.00 bits per heavy atom. The van der Waals surface area contributed by atoms with Gasteiger partial charge in [0.15, 0.2) is 0 Å². The highest BCUT2D eigenvalue weighted by Gasteiger charge is 2.21. The summed E-state index contributed by atoms with van der Waals surface area (Å²) in [7, 11) is -3.51. The third kappa shape index (κ3) is 5.06. The van der Waals surface area contributed by atoms with Gasteiger partial charge in [0.25, 0.3) is 5.91 Å². The number of hydrogen-bond donors (Lipinski definition) is 1. The number of nitrogens with zero attached hydrogens (tertiary/aromatic N) is 1. The van der Waals surface area contributed by atoms with Crippen LogP contribution in [0.25, 0.3) is 0 Å². The van der Waals surface area contributed by atoms with E-state index in [0.717, 1.165) is 5.56 Å². The van der Waals surface area contributed by atoms with Gasteiger partial charge in [-0.05, 0) is 48.4 Å². The molecular weight excluding hydrogens is 372 g/mol. The van der Waals surface area contributed by atoms with Crippen molar-refractivity contribution in [3.05, 3.63) is 64.7 Å². The Labute approximate surface area is 160 Å². The molecule has 1 amide bonds. The topological polar surface area (TPSA) is 66.5 Å². The summed E-state index contributed by atoms with van der Waals surface area (Å²) in [6, 6.07) is 13.5. The molecule has 2 rings (SSSR count). The van der Waals surface area contributed by atoms with E-state index in [1.165, 1.54) is 28.6 Å². The average molecular weight is 395 g/mol. The minimum atomic E-state index is -3.51. The minimum Gasteiger partial charge on any atom is -0.352 e. The second-order valence-corrected chi connectivity index (χ2v) is 8.12. The summed E-state index contributed by atoms with van der Waals surface area (Å²) in [6.45, 7) is 4.89. The Morgan fingerprint density at radius 2 is 1.58 bits per heavy atom. The van der Waals surface area contributed by atoms with Crippen LogP contribution in [0.5, 0.6) is 0 Å². The van der Waals surface area contributed by atoms with Crippen molar-refractivity contribution in [2.45, 2.75) is 25.2 Å². The number of hydrogen-bond acceptors (Lipinski definition) is 3. The second kappa shape index (κ2) is 9.16. The number of rotatable bonds is 8. The number of amides is 1. The third-order valence-corrected chi connectivity index (χ3v) is 6.39. The van der Waals surface area contributed by atoms with E-state index in [0.29, 0.717) is 36.6 Å². The summed E-state index contributed by atoms with van der Waals surface area (Å²) in [5, 5.41) is 3.51. The molecular formula is C19H23ClN2O3S. The van der Waals surface area contributed by atoms with Crippen LogP contribution in [0.1, 0.15) is 29.8 Å². The maximum absolute atomic E-state index is 12.4. The van der Waals surface area contributed by atoms with Gasteiger partial charge >= 0.3 is 0 Å². The fraction of sp³-hybridized carbons (Fsp3) is 0.316. The van der Waals surface area contributed by atoms with E-state index in [2.05, 4.69) is 5.32 Å². The van der Waals surface area contributed by atoms with Gasteiger partial charge < -0.3 is 5.32 Å². The van der Waals surface area contributed by atoms with Crippen LogP contribution in [-0.4, -0.2) is 38.3 Å². The van der Waals surface area contributed by atoms with Crippen molar-refractivity contribution < 1.29 is 13.2 Å². The number of carbonyl (C=O) groups is 1. The Morgan fingerprint density at radius 3 is 2.12 bits per heavy atom. The van der Waals surface area contributed by atoms with Gasteiger partial charge in [-0.2, -0.15) is 4.31 Å². The lowest BCUT2D eigenvalue weighted by molar-refractivity contribution is 0.0954. The summed E-state index contributed by atoms with van der Waals surface area (Å²) in [5.74, 6) is -0.231. The quantitative estimate of drug-likeness (QED) is 0.746. The zero-order valence-corrected chi connectivity index (χ0v) is 16.5. The molecule has 0 aliphatic rings. The van der Waals surface area contributed by atoms with Gasteiger partial charge in [0, 0.05) is 30.2 Å². The maximum Gasteiger partial charge on any atom is 0.251 e. The van der Waals surface area contributed by atoms with E-state index in [1.807, 2.05) is 24.3 Å². The molecule has 0 saturated carbocycles. The molecule has 0 saturated heterocycles. The standard InChI is InChI=1S/C19H23ClN2O3S/c1-3-22(4-2)26(24,25)18-11-7-16(8-12-18)19(23)21-14-13-15-5-9-17(20)10-6-15/h5-12H,3-4,13-14H2,1-2H3,(H,21,23). The summed E-state index contributed by atoms with van der Waals surface area (Å²) in [4.78, 5) is 12.4. The zero-order valence-electron chi connectivity index (χ0n) is 14.9. The molecule has 7 heteroatoms. The Hall–Kier alpha value is -1.89. The van der Waals surface area contributed by atoms with Gasteiger partial charge in [0.1, 0.15) is 0 Å². The lowest BCUT2D eigenvalue weighted by Crippen LogP contribution is -2.30. The van der Waals surface area contributed by atoms with Crippen LogP contribution < -0.4 is 5.32 Å². The van der Waals surface area contributed by atoms with E-state index < -0.39 is 10.0 Å². The summed E-state index contributed by atoms with van der Waals surface area (Å²) >= 11 is 5.84. The predicted octanol–water partition coefficient (Wildman–Crippen LogP) is 3.34. The monoisotopic (exact) mass is 394 g/mol. The first-order valence-electron chi connectivity index (χ1n) is 8.51. The van der Waals surface area contributed by atoms with Gasteiger partial charge in [-0.15, -0.1) is 0 Å². The summed E-state index contributed by atoms with van der Waals surface area (Å²) in [6.07, 6.45) is 0.692. The van der Waals surface area contributed by atoms with E-state index in [1.54, 1.807) is 13.8 Å².